The molecule has 3 aliphatic carbocycles. The summed E-state index contributed by atoms with van der Waals surface area (Å²) in [7, 11) is 0. The van der Waals surface area contributed by atoms with Crippen LogP contribution in [0.25, 0.3) is 0 Å². The molecule has 3 rings (SSSR count). The van der Waals surface area contributed by atoms with Crippen molar-refractivity contribution in [2.45, 2.75) is 33.1 Å². The van der Waals surface area contributed by atoms with Crippen molar-refractivity contribution < 1.29 is 0 Å². The Balaban J connectivity index is 1.89. The van der Waals surface area contributed by atoms with E-state index in [1.54, 1.807) is 19.3 Å². The molecule has 0 aromatic heterocycles. The summed E-state index contributed by atoms with van der Waals surface area (Å²) < 4.78 is 0. The van der Waals surface area contributed by atoms with Crippen molar-refractivity contribution in [2.24, 2.45) is 35.5 Å². The van der Waals surface area contributed by atoms with Gasteiger partial charge in [0.25, 0.3) is 0 Å². The Kier molecular flexibility index (Phi) is 1.09. The standard InChI is InChI=1S/C11H18/c1-6-7(2)11-9-4-3-8(5-9)10(6)11/h6-11H,3-5H2,1-2H3/t6-,7+,8+,9-,10-,11+. The summed E-state index contributed by atoms with van der Waals surface area (Å²) >= 11 is 0. The zero-order valence-corrected chi connectivity index (χ0v) is 7.59. The maximum absolute atomic E-state index is 2.48. The van der Waals surface area contributed by atoms with Gasteiger partial charge < -0.3 is 0 Å². The summed E-state index contributed by atoms with van der Waals surface area (Å²) in [5.74, 6) is 6.80. The Bertz CT molecular complexity index is 164. The summed E-state index contributed by atoms with van der Waals surface area (Å²) in [5, 5.41) is 0. The average Bonchev–Trinajstić information content (AvgIpc) is 2.58. The largest absolute Gasteiger partial charge is 0.0620 e. The van der Waals surface area contributed by atoms with E-state index in [9.17, 15) is 0 Å². The molecule has 0 spiro atoms. The lowest BCUT2D eigenvalue weighted by molar-refractivity contribution is -0.0390. The van der Waals surface area contributed by atoms with Gasteiger partial charge >= 0.3 is 0 Å². The fourth-order valence-electron chi connectivity index (χ4n) is 4.50. The molecule has 0 nitrogen and oxygen atoms in total. The second-order valence-electron chi connectivity index (χ2n) is 5.21. The van der Waals surface area contributed by atoms with E-state index >= 15 is 0 Å². The van der Waals surface area contributed by atoms with Crippen LogP contribution in [0.5, 0.6) is 0 Å². The highest BCUT2D eigenvalue weighted by atomic mass is 14.6. The molecule has 0 heterocycles. The lowest BCUT2D eigenvalue weighted by Gasteiger charge is -2.52. The molecule has 3 fully saturated rings. The molecule has 0 heteroatoms. The average molecular weight is 150 g/mol. The number of fused-ring (bicyclic) bond motifs is 5. The van der Waals surface area contributed by atoms with Crippen molar-refractivity contribution in [3.8, 4) is 0 Å². The Morgan fingerprint density at radius 2 is 1.27 bits per heavy atom. The van der Waals surface area contributed by atoms with Crippen LogP contribution >= 0.6 is 0 Å². The van der Waals surface area contributed by atoms with E-state index in [4.69, 9.17) is 0 Å². The predicted octanol–water partition coefficient (Wildman–Crippen LogP) is 2.93. The first-order valence-corrected chi connectivity index (χ1v) is 5.29. The van der Waals surface area contributed by atoms with Crippen LogP contribution < -0.4 is 0 Å². The second-order valence-corrected chi connectivity index (χ2v) is 5.21. The van der Waals surface area contributed by atoms with Crippen molar-refractivity contribution in [3.63, 3.8) is 0 Å². The molecule has 0 aliphatic heterocycles. The fourth-order valence-corrected chi connectivity index (χ4v) is 4.50. The molecule has 3 aliphatic rings. The van der Waals surface area contributed by atoms with Gasteiger partial charge in [0.1, 0.15) is 0 Å². The smallest absolute Gasteiger partial charge is 0.0324 e. The maximum Gasteiger partial charge on any atom is -0.0324 e. The van der Waals surface area contributed by atoms with Crippen molar-refractivity contribution in [2.75, 3.05) is 0 Å². The lowest BCUT2D eigenvalue weighted by atomic mass is 9.53. The van der Waals surface area contributed by atoms with Crippen LogP contribution in [0.15, 0.2) is 0 Å². The SMILES string of the molecule is C[C@@H]1[C@H](C)[C@H]2[C@@H]3CC[C@@H](C3)[C@@H]12. The quantitative estimate of drug-likeness (QED) is 0.498. The summed E-state index contributed by atoms with van der Waals surface area (Å²) in [6, 6.07) is 0. The first-order valence-electron chi connectivity index (χ1n) is 5.29. The van der Waals surface area contributed by atoms with Crippen LogP contribution in [-0.2, 0) is 0 Å². The number of rotatable bonds is 0. The van der Waals surface area contributed by atoms with Gasteiger partial charge in [-0.15, -0.1) is 0 Å². The highest BCUT2D eigenvalue weighted by Gasteiger charge is 2.59. The van der Waals surface area contributed by atoms with Gasteiger partial charge in [-0.2, -0.15) is 0 Å². The number of hydrogen-bond donors (Lipinski definition) is 0. The molecule has 0 saturated heterocycles. The monoisotopic (exact) mass is 150 g/mol. The second kappa shape index (κ2) is 1.84. The van der Waals surface area contributed by atoms with E-state index in [1.807, 2.05) is 0 Å². The minimum absolute atomic E-state index is 1.07. The third-order valence-corrected chi connectivity index (χ3v) is 5.09. The van der Waals surface area contributed by atoms with Crippen LogP contribution in [0.2, 0.25) is 0 Å². The summed E-state index contributed by atoms with van der Waals surface area (Å²) in [6.07, 6.45) is 4.75. The highest BCUT2D eigenvalue weighted by Crippen LogP contribution is 2.65. The van der Waals surface area contributed by atoms with Crippen molar-refractivity contribution in [3.05, 3.63) is 0 Å². The van der Waals surface area contributed by atoms with Gasteiger partial charge in [0.05, 0.1) is 0 Å². The molecule has 62 valence electrons. The van der Waals surface area contributed by atoms with Crippen LogP contribution in [0.4, 0.5) is 0 Å². The van der Waals surface area contributed by atoms with Crippen molar-refractivity contribution in [1.82, 2.24) is 0 Å². The molecule has 3 saturated carbocycles. The first kappa shape index (κ1) is 6.51. The summed E-state index contributed by atoms with van der Waals surface area (Å²) in [6.45, 7) is 4.96. The zero-order chi connectivity index (χ0) is 7.59. The van der Waals surface area contributed by atoms with Gasteiger partial charge in [-0.1, -0.05) is 13.8 Å². The fraction of sp³-hybridized carbons (Fsp3) is 1.00. The molecule has 0 radical (unpaired) electrons. The third kappa shape index (κ3) is 0.588. The first-order chi connectivity index (χ1) is 5.29. The molecule has 6 atom stereocenters. The van der Waals surface area contributed by atoms with E-state index in [0.29, 0.717) is 0 Å². The molecule has 0 aromatic carbocycles. The third-order valence-electron chi connectivity index (χ3n) is 5.09. The van der Waals surface area contributed by atoms with Gasteiger partial charge in [0, 0.05) is 0 Å². The number of hydrogen-bond acceptors (Lipinski definition) is 0. The van der Waals surface area contributed by atoms with E-state index < -0.39 is 0 Å². The molecular weight excluding hydrogens is 132 g/mol. The van der Waals surface area contributed by atoms with Gasteiger partial charge in [0.15, 0.2) is 0 Å². The van der Waals surface area contributed by atoms with Gasteiger partial charge in [-0.3, -0.25) is 0 Å². The van der Waals surface area contributed by atoms with E-state index in [2.05, 4.69) is 13.8 Å². The molecule has 2 bridgehead atoms. The minimum atomic E-state index is 1.07. The van der Waals surface area contributed by atoms with Crippen LogP contribution in [0.1, 0.15) is 33.1 Å². The lowest BCUT2D eigenvalue weighted by Crippen LogP contribution is -2.46. The van der Waals surface area contributed by atoms with E-state index in [-0.39, 0.29) is 0 Å². The molecule has 0 unspecified atom stereocenters. The van der Waals surface area contributed by atoms with Gasteiger partial charge in [0.2, 0.25) is 0 Å². The Hall–Kier alpha value is 0. The van der Waals surface area contributed by atoms with E-state index in [0.717, 1.165) is 23.7 Å². The van der Waals surface area contributed by atoms with Gasteiger partial charge in [-0.25, -0.2) is 0 Å². The molecule has 0 amide bonds. The Morgan fingerprint density at radius 3 is 1.73 bits per heavy atom. The van der Waals surface area contributed by atoms with Crippen LogP contribution in [-0.4, -0.2) is 0 Å². The minimum Gasteiger partial charge on any atom is -0.0620 e. The molecule has 0 aromatic rings. The summed E-state index contributed by atoms with van der Waals surface area (Å²) in [4.78, 5) is 0. The Labute approximate surface area is 69.4 Å². The predicted molar refractivity (Wildman–Crippen MR) is 46.1 cm³/mol. The highest BCUT2D eigenvalue weighted by molar-refractivity contribution is 5.07. The van der Waals surface area contributed by atoms with Crippen molar-refractivity contribution >= 4 is 0 Å². The zero-order valence-electron chi connectivity index (χ0n) is 7.59. The molecular formula is C11H18. The molecule has 0 N–H and O–H groups in total. The summed E-state index contributed by atoms with van der Waals surface area (Å²) in [5.41, 5.74) is 0. The van der Waals surface area contributed by atoms with Crippen molar-refractivity contribution in [1.29, 1.82) is 0 Å². The van der Waals surface area contributed by atoms with Gasteiger partial charge in [-0.05, 0) is 54.8 Å². The van der Waals surface area contributed by atoms with E-state index in [1.165, 1.54) is 11.8 Å². The van der Waals surface area contributed by atoms with Crippen LogP contribution in [0.3, 0.4) is 0 Å². The Morgan fingerprint density at radius 1 is 0.818 bits per heavy atom. The molecule has 11 heavy (non-hydrogen) atoms. The van der Waals surface area contributed by atoms with Crippen LogP contribution in [0, 0.1) is 35.5 Å². The topological polar surface area (TPSA) is 0 Å². The normalized spacial score (nSPS) is 66.0. The maximum atomic E-state index is 2.48.